The summed E-state index contributed by atoms with van der Waals surface area (Å²) in [5, 5.41) is 0. The quantitative estimate of drug-likeness (QED) is 0.662. The molecule has 0 aromatic carbocycles. The third kappa shape index (κ3) is 3.12. The average Bonchev–Trinajstić information content (AvgIpc) is 2.16. The van der Waals surface area contributed by atoms with Crippen molar-refractivity contribution < 1.29 is 0 Å². The van der Waals surface area contributed by atoms with Crippen molar-refractivity contribution in [1.29, 1.82) is 0 Å². The van der Waals surface area contributed by atoms with Gasteiger partial charge in [-0.05, 0) is 11.8 Å². The Bertz CT molecular complexity index is 152. The van der Waals surface area contributed by atoms with Crippen LogP contribution in [0.2, 0.25) is 4.05 Å². The summed E-state index contributed by atoms with van der Waals surface area (Å²) in [6.07, 6.45) is 4.46. The second-order valence-corrected chi connectivity index (χ2v) is 8.76. The smallest absolute Gasteiger partial charge is 0.306 e. The zero-order chi connectivity index (χ0) is 10.7. The molecule has 0 bridgehead atoms. The van der Waals surface area contributed by atoms with E-state index in [2.05, 4.69) is 40.6 Å². The molecular weight excluding hydrogens is 248 g/mol. The lowest BCUT2D eigenvalue weighted by molar-refractivity contribution is 0.178. The van der Waals surface area contributed by atoms with Crippen LogP contribution in [0.15, 0.2) is 0 Å². The van der Waals surface area contributed by atoms with E-state index in [0.717, 1.165) is 27.7 Å². The molecule has 0 heterocycles. The molecule has 1 rings (SSSR count). The first-order valence-electron chi connectivity index (χ1n) is 6.13. The maximum atomic E-state index is 3.87. The third-order valence-electron chi connectivity index (χ3n) is 4.07. The molecule has 1 aliphatic carbocycles. The van der Waals surface area contributed by atoms with E-state index in [-0.39, 0.29) is 18.2 Å². The fourth-order valence-electron chi connectivity index (χ4n) is 3.22. The second kappa shape index (κ2) is 6.10. The summed E-state index contributed by atoms with van der Waals surface area (Å²) in [7, 11) is 0. The van der Waals surface area contributed by atoms with Gasteiger partial charge in [0.2, 0.25) is 0 Å². The van der Waals surface area contributed by atoms with Gasteiger partial charge in [-0.25, -0.2) is 0 Å². The predicted molar refractivity (Wildman–Crippen MR) is 68.9 cm³/mol. The Morgan fingerprint density at radius 3 is 1.71 bits per heavy atom. The molecule has 1 fully saturated rings. The highest BCUT2D eigenvalue weighted by molar-refractivity contribution is 9.23. The van der Waals surface area contributed by atoms with Gasteiger partial charge in [0.15, 0.2) is 0 Å². The lowest BCUT2D eigenvalue weighted by Gasteiger charge is -2.42. The van der Waals surface area contributed by atoms with Crippen LogP contribution in [0.25, 0.3) is 0 Å². The highest BCUT2D eigenvalue weighted by Crippen LogP contribution is 2.46. The molecule has 0 radical (unpaired) electrons. The Morgan fingerprint density at radius 1 is 1.00 bits per heavy atom. The number of halogens is 1. The number of rotatable bonds is 3. The molecule has 1 aliphatic rings. The Balaban J connectivity index is 2.69. The highest BCUT2D eigenvalue weighted by atomic mass is 79.9. The lowest BCUT2D eigenvalue weighted by Crippen LogP contribution is -2.32. The van der Waals surface area contributed by atoms with E-state index in [1.807, 2.05) is 0 Å². The van der Waals surface area contributed by atoms with Crippen LogP contribution in [0.1, 0.15) is 47.0 Å². The SMILES string of the molecule is CC(C)C1CCCC(C(C)C)[CH]1[Mg][Br]. The number of hydrogen-bond acceptors (Lipinski definition) is 0. The van der Waals surface area contributed by atoms with Gasteiger partial charge < -0.3 is 12.9 Å². The van der Waals surface area contributed by atoms with Gasteiger partial charge in [0.25, 0.3) is 0 Å². The van der Waals surface area contributed by atoms with Gasteiger partial charge in [-0.3, -0.25) is 0 Å². The molecule has 0 aromatic rings. The minimum atomic E-state index is 0.000247. The molecule has 2 heteroatoms. The van der Waals surface area contributed by atoms with Gasteiger partial charge in [0.1, 0.15) is 0 Å². The first-order chi connectivity index (χ1) is 6.57. The van der Waals surface area contributed by atoms with Crippen molar-refractivity contribution >= 4 is 31.1 Å². The standard InChI is InChI=1S/C12H23.BrH.Mg/c1-9(2)11-6-5-7-12(8-11)10(3)4;;/h8-12H,5-7H2,1-4H3;1H;/q;;+1/p-1. The fraction of sp³-hybridized carbons (Fsp3) is 1.00. The van der Waals surface area contributed by atoms with Crippen molar-refractivity contribution in [2.24, 2.45) is 23.7 Å². The van der Waals surface area contributed by atoms with Crippen LogP contribution in [-0.4, -0.2) is 18.2 Å². The van der Waals surface area contributed by atoms with Gasteiger partial charge in [-0.15, -0.1) is 4.05 Å². The summed E-state index contributed by atoms with van der Waals surface area (Å²) >= 11 is 3.87. The van der Waals surface area contributed by atoms with Crippen LogP contribution in [0.5, 0.6) is 0 Å². The molecule has 0 aromatic heterocycles. The number of hydrogen-bond donors (Lipinski definition) is 0. The Labute approximate surface area is 105 Å². The van der Waals surface area contributed by atoms with Crippen LogP contribution in [0, 0.1) is 23.7 Å². The fourth-order valence-corrected chi connectivity index (χ4v) is 8.12. The van der Waals surface area contributed by atoms with Gasteiger partial charge in [0, 0.05) is 0 Å². The largest absolute Gasteiger partial charge is 0.472 e. The van der Waals surface area contributed by atoms with Gasteiger partial charge in [-0.1, -0.05) is 58.8 Å². The summed E-state index contributed by atoms with van der Waals surface area (Å²) in [6, 6.07) is 0. The van der Waals surface area contributed by atoms with Crippen LogP contribution in [0.4, 0.5) is 0 Å². The highest BCUT2D eigenvalue weighted by Gasteiger charge is 2.35. The van der Waals surface area contributed by atoms with E-state index in [1.54, 1.807) is 0 Å². The minimum Gasteiger partial charge on any atom is -0.306 e. The summed E-state index contributed by atoms with van der Waals surface area (Å²) in [5.74, 6) is 3.82. The molecule has 0 nitrogen and oxygen atoms in total. The molecule has 1 saturated carbocycles. The monoisotopic (exact) mass is 270 g/mol. The van der Waals surface area contributed by atoms with Crippen LogP contribution in [0.3, 0.4) is 0 Å². The van der Waals surface area contributed by atoms with Gasteiger partial charge >= 0.3 is 18.2 Å². The molecule has 0 aliphatic heterocycles. The first-order valence-corrected chi connectivity index (χ1v) is 10.9. The molecule has 0 spiro atoms. The van der Waals surface area contributed by atoms with E-state index in [9.17, 15) is 0 Å². The summed E-state index contributed by atoms with van der Waals surface area (Å²) < 4.78 is 1.06. The van der Waals surface area contributed by atoms with Crippen LogP contribution in [-0.2, 0) is 0 Å². The Kier molecular flexibility index (Phi) is 5.80. The molecule has 0 N–H and O–H groups in total. The van der Waals surface area contributed by atoms with E-state index < -0.39 is 0 Å². The van der Waals surface area contributed by atoms with E-state index in [0.29, 0.717) is 0 Å². The predicted octanol–water partition coefficient (Wildman–Crippen LogP) is 4.52. The summed E-state index contributed by atoms with van der Waals surface area (Å²) in [4.78, 5) is 0. The second-order valence-electron chi connectivity index (χ2n) is 5.56. The summed E-state index contributed by atoms with van der Waals surface area (Å²) in [5.41, 5.74) is 0. The maximum Gasteiger partial charge on any atom is 0.472 e. The van der Waals surface area contributed by atoms with E-state index in [1.165, 1.54) is 19.3 Å². The molecule has 2 unspecified atom stereocenters. The van der Waals surface area contributed by atoms with Crippen LogP contribution >= 0.6 is 12.9 Å². The average molecular weight is 272 g/mol. The van der Waals surface area contributed by atoms with Crippen molar-refractivity contribution in [3.63, 3.8) is 0 Å². The van der Waals surface area contributed by atoms with Crippen molar-refractivity contribution in [2.45, 2.75) is 51.0 Å². The molecule has 0 saturated heterocycles. The van der Waals surface area contributed by atoms with Crippen molar-refractivity contribution in [2.75, 3.05) is 0 Å². The van der Waals surface area contributed by atoms with E-state index in [4.69, 9.17) is 0 Å². The minimum absolute atomic E-state index is 0.000247. The molecule has 2 atom stereocenters. The Morgan fingerprint density at radius 2 is 1.43 bits per heavy atom. The zero-order valence-corrected chi connectivity index (χ0v) is 13.1. The molecule has 0 amide bonds. The van der Waals surface area contributed by atoms with Crippen molar-refractivity contribution in [3.05, 3.63) is 0 Å². The zero-order valence-electron chi connectivity index (χ0n) is 10.1. The van der Waals surface area contributed by atoms with Gasteiger partial charge in [-0.2, -0.15) is 0 Å². The maximum absolute atomic E-state index is 3.87. The van der Waals surface area contributed by atoms with E-state index >= 15 is 0 Å². The summed E-state index contributed by atoms with van der Waals surface area (Å²) in [6.45, 7) is 9.66. The van der Waals surface area contributed by atoms with Crippen molar-refractivity contribution in [3.8, 4) is 0 Å². The van der Waals surface area contributed by atoms with Gasteiger partial charge in [0.05, 0.1) is 0 Å². The molecule has 14 heavy (non-hydrogen) atoms. The van der Waals surface area contributed by atoms with Crippen molar-refractivity contribution in [1.82, 2.24) is 0 Å². The third-order valence-corrected chi connectivity index (χ3v) is 7.88. The lowest BCUT2D eigenvalue weighted by atomic mass is 9.71. The normalized spacial score (nSPS) is 33.5. The first kappa shape index (κ1) is 13.3. The molecule has 80 valence electrons. The van der Waals surface area contributed by atoms with Crippen LogP contribution < -0.4 is 0 Å². The topological polar surface area (TPSA) is 0 Å². The molecular formula is C12H23BrMg. The Hall–Kier alpha value is 1.25.